The van der Waals surface area contributed by atoms with Gasteiger partial charge in [-0.2, -0.15) is 8.42 Å². The number of nitrogens with zero attached hydrogens (tertiary/aromatic N) is 2. The Kier molecular flexibility index (Phi) is 4.21. The van der Waals surface area contributed by atoms with Gasteiger partial charge in [0.1, 0.15) is 0 Å². The van der Waals surface area contributed by atoms with Gasteiger partial charge in [-0.3, -0.25) is 9.10 Å². The largest absolute Gasteiger partial charge is 0.349 e. The molecule has 23 heavy (non-hydrogen) atoms. The lowest BCUT2D eigenvalue weighted by Gasteiger charge is -2.23. The normalized spacial score (nSPS) is 19.8. The minimum absolute atomic E-state index is 0.215. The van der Waals surface area contributed by atoms with Crippen molar-refractivity contribution in [2.75, 3.05) is 6.54 Å². The minimum Gasteiger partial charge on any atom is -0.349 e. The Morgan fingerprint density at radius 2 is 2.00 bits per heavy atom. The van der Waals surface area contributed by atoms with E-state index >= 15 is 0 Å². The summed E-state index contributed by atoms with van der Waals surface area (Å²) >= 11 is 0. The highest BCUT2D eigenvalue weighted by Crippen LogP contribution is 2.21. The molecular weight excluding hydrogens is 314 g/mol. The molecule has 3 rings (SSSR count). The molecule has 1 heterocycles. The topological polar surface area (TPSA) is 78.8 Å². The second-order valence-electron chi connectivity index (χ2n) is 5.79. The minimum atomic E-state index is -3.76. The van der Waals surface area contributed by atoms with Gasteiger partial charge in [-0.1, -0.05) is 30.3 Å². The maximum atomic E-state index is 12.2. The van der Waals surface area contributed by atoms with Gasteiger partial charge in [-0.15, -0.1) is 4.40 Å². The first-order valence-electron chi connectivity index (χ1n) is 7.61. The van der Waals surface area contributed by atoms with Crippen LogP contribution < -0.4 is 5.32 Å². The van der Waals surface area contributed by atoms with Crippen LogP contribution in [0.5, 0.6) is 0 Å². The highest BCUT2D eigenvalue weighted by molar-refractivity contribution is 7.88. The van der Waals surface area contributed by atoms with E-state index in [2.05, 4.69) is 9.71 Å². The monoisotopic (exact) mass is 333 g/mol. The SMILES string of the molecule is CC1=NS(=O)(=O)N(CCc2ccccc2)C=C1C(=O)NC1CC1. The molecule has 1 aromatic rings. The third-order valence-electron chi connectivity index (χ3n) is 3.83. The molecule has 0 atom stereocenters. The predicted octanol–water partition coefficient (Wildman–Crippen LogP) is 1.41. The molecule has 7 heteroatoms. The first kappa shape index (κ1) is 15.7. The van der Waals surface area contributed by atoms with Crippen LogP contribution in [0, 0.1) is 0 Å². The summed E-state index contributed by atoms with van der Waals surface area (Å²) in [5, 5.41) is 2.87. The third-order valence-corrected chi connectivity index (χ3v) is 5.22. The van der Waals surface area contributed by atoms with Crippen molar-refractivity contribution in [1.82, 2.24) is 9.62 Å². The molecule has 1 amide bonds. The lowest BCUT2D eigenvalue weighted by molar-refractivity contribution is -0.117. The summed E-state index contributed by atoms with van der Waals surface area (Å²) in [5.41, 5.74) is 1.59. The van der Waals surface area contributed by atoms with E-state index in [9.17, 15) is 13.2 Å². The van der Waals surface area contributed by atoms with E-state index in [4.69, 9.17) is 0 Å². The number of hydrogen-bond donors (Lipinski definition) is 1. The van der Waals surface area contributed by atoms with Crippen molar-refractivity contribution in [2.45, 2.75) is 32.2 Å². The Hall–Kier alpha value is -2.15. The summed E-state index contributed by atoms with van der Waals surface area (Å²) in [6, 6.07) is 9.83. The van der Waals surface area contributed by atoms with Crippen LogP contribution in [0.1, 0.15) is 25.3 Å². The van der Waals surface area contributed by atoms with Gasteiger partial charge in [0.05, 0.1) is 11.3 Å². The lowest BCUT2D eigenvalue weighted by atomic mass is 10.1. The average Bonchev–Trinajstić information content (AvgIpc) is 3.30. The van der Waals surface area contributed by atoms with Gasteiger partial charge in [0.2, 0.25) is 0 Å². The number of amides is 1. The van der Waals surface area contributed by atoms with Crippen molar-refractivity contribution >= 4 is 21.8 Å². The molecule has 1 saturated carbocycles. The van der Waals surface area contributed by atoms with Crippen LogP contribution in [0.4, 0.5) is 0 Å². The smallest absolute Gasteiger partial charge is 0.344 e. The highest BCUT2D eigenvalue weighted by Gasteiger charge is 2.30. The van der Waals surface area contributed by atoms with E-state index in [1.165, 1.54) is 6.20 Å². The van der Waals surface area contributed by atoms with Gasteiger partial charge in [0.15, 0.2) is 0 Å². The number of carbonyl (C=O) groups is 1. The van der Waals surface area contributed by atoms with Crippen LogP contribution in [0.25, 0.3) is 0 Å². The number of nitrogens with one attached hydrogen (secondary N) is 1. The molecule has 0 bridgehead atoms. The molecule has 1 aliphatic heterocycles. The standard InChI is InChI=1S/C16H19N3O3S/c1-12-15(16(20)17-14-7-8-14)11-19(23(21,22)18-12)10-9-13-5-3-2-4-6-13/h2-6,11,14H,7-10H2,1H3,(H,17,20). The summed E-state index contributed by atoms with van der Waals surface area (Å²) in [4.78, 5) is 12.2. The quantitative estimate of drug-likeness (QED) is 0.885. The average molecular weight is 333 g/mol. The molecule has 2 aliphatic rings. The van der Waals surface area contributed by atoms with Gasteiger partial charge < -0.3 is 5.32 Å². The molecule has 1 aromatic carbocycles. The Morgan fingerprint density at radius 3 is 2.65 bits per heavy atom. The summed E-state index contributed by atoms with van der Waals surface area (Å²) in [6.45, 7) is 1.80. The lowest BCUT2D eigenvalue weighted by Crippen LogP contribution is -2.37. The summed E-state index contributed by atoms with van der Waals surface area (Å²) < 4.78 is 29.2. The molecule has 1 aliphatic carbocycles. The molecule has 122 valence electrons. The van der Waals surface area contributed by atoms with Crippen molar-refractivity contribution in [2.24, 2.45) is 4.40 Å². The van der Waals surface area contributed by atoms with Crippen molar-refractivity contribution in [3.05, 3.63) is 47.7 Å². The first-order valence-corrected chi connectivity index (χ1v) is 9.01. The van der Waals surface area contributed by atoms with Crippen LogP contribution in [-0.2, 0) is 21.4 Å². The van der Waals surface area contributed by atoms with E-state index in [1.54, 1.807) is 6.92 Å². The number of hydrogen-bond acceptors (Lipinski definition) is 3. The second-order valence-corrected chi connectivity index (χ2v) is 7.34. The molecule has 0 spiro atoms. The third kappa shape index (κ3) is 3.79. The highest BCUT2D eigenvalue weighted by atomic mass is 32.2. The Labute approximate surface area is 136 Å². The van der Waals surface area contributed by atoms with Crippen LogP contribution in [-0.4, -0.2) is 36.9 Å². The van der Waals surface area contributed by atoms with E-state index < -0.39 is 10.2 Å². The van der Waals surface area contributed by atoms with Gasteiger partial charge in [0, 0.05) is 18.8 Å². The number of carbonyl (C=O) groups excluding carboxylic acids is 1. The predicted molar refractivity (Wildman–Crippen MR) is 88.1 cm³/mol. The zero-order chi connectivity index (χ0) is 16.4. The van der Waals surface area contributed by atoms with Gasteiger partial charge in [-0.05, 0) is 31.7 Å². The fraction of sp³-hybridized carbons (Fsp3) is 0.375. The zero-order valence-electron chi connectivity index (χ0n) is 12.9. The molecule has 0 saturated heterocycles. The fourth-order valence-electron chi connectivity index (χ4n) is 2.36. The molecule has 0 radical (unpaired) electrons. The first-order chi connectivity index (χ1) is 11.0. The Balaban J connectivity index is 1.76. The molecule has 0 unspecified atom stereocenters. The second kappa shape index (κ2) is 6.16. The van der Waals surface area contributed by atoms with Crippen molar-refractivity contribution in [1.29, 1.82) is 0 Å². The Bertz CT molecular complexity index is 765. The summed E-state index contributed by atoms with van der Waals surface area (Å²) in [6.07, 6.45) is 3.91. The zero-order valence-corrected chi connectivity index (χ0v) is 13.7. The van der Waals surface area contributed by atoms with Gasteiger partial charge in [-0.25, -0.2) is 0 Å². The maximum Gasteiger partial charge on any atom is 0.344 e. The number of benzene rings is 1. The van der Waals surface area contributed by atoms with Crippen LogP contribution in [0.2, 0.25) is 0 Å². The fourth-order valence-corrected chi connectivity index (χ4v) is 3.47. The van der Waals surface area contributed by atoms with Crippen molar-refractivity contribution in [3.63, 3.8) is 0 Å². The van der Waals surface area contributed by atoms with Crippen molar-refractivity contribution < 1.29 is 13.2 Å². The Morgan fingerprint density at radius 1 is 1.30 bits per heavy atom. The van der Waals surface area contributed by atoms with Gasteiger partial charge >= 0.3 is 10.2 Å². The van der Waals surface area contributed by atoms with E-state index in [0.29, 0.717) is 12.0 Å². The molecular formula is C16H19N3O3S. The molecule has 6 nitrogen and oxygen atoms in total. The molecule has 1 N–H and O–H groups in total. The number of rotatable bonds is 5. The van der Waals surface area contributed by atoms with E-state index in [-0.39, 0.29) is 24.2 Å². The summed E-state index contributed by atoms with van der Waals surface area (Å²) in [7, 11) is -3.76. The van der Waals surface area contributed by atoms with Crippen LogP contribution >= 0.6 is 0 Å². The van der Waals surface area contributed by atoms with Crippen molar-refractivity contribution in [3.8, 4) is 0 Å². The van der Waals surface area contributed by atoms with Crippen LogP contribution in [0.15, 0.2) is 46.5 Å². The van der Waals surface area contributed by atoms with E-state index in [1.807, 2.05) is 30.3 Å². The summed E-state index contributed by atoms with van der Waals surface area (Å²) in [5.74, 6) is -0.256. The van der Waals surface area contributed by atoms with Crippen LogP contribution in [0.3, 0.4) is 0 Å². The van der Waals surface area contributed by atoms with E-state index in [0.717, 1.165) is 22.7 Å². The maximum absolute atomic E-state index is 12.2. The van der Waals surface area contributed by atoms with Gasteiger partial charge in [0.25, 0.3) is 5.91 Å². The molecule has 0 aromatic heterocycles. The molecule has 1 fully saturated rings.